The Kier molecular flexibility index (Phi) is 8.60. The highest BCUT2D eigenvalue weighted by Gasteiger charge is 2.40. The number of Topliss-reactive ketones (excluding diaryl/α,β-unsaturated/α-hetero) is 1. The molecule has 0 radical (unpaired) electrons. The van der Waals surface area contributed by atoms with E-state index in [4.69, 9.17) is 22.1 Å². The standard InChI is InChI=1S/C21H23ClF3NO3.ClH/c1-20(2,3)9-16(27)14-6-7-17(18(19(14)28)21(23,24)25)29-11-13-5-4-12(10-26)8-15(13)22;/h4-8,28H,9-11,26H2,1-3H3;1H. The first-order chi connectivity index (χ1) is 13.3. The Labute approximate surface area is 184 Å². The smallest absolute Gasteiger partial charge is 0.423 e. The van der Waals surface area contributed by atoms with Gasteiger partial charge in [0, 0.05) is 23.6 Å². The van der Waals surface area contributed by atoms with E-state index in [9.17, 15) is 23.1 Å². The number of carbonyl (C=O) groups excluding carboxylic acids is 1. The van der Waals surface area contributed by atoms with Crippen LogP contribution in [-0.2, 0) is 19.3 Å². The lowest BCUT2D eigenvalue weighted by molar-refractivity contribution is -0.140. The number of benzene rings is 2. The summed E-state index contributed by atoms with van der Waals surface area (Å²) in [6.45, 7) is 5.37. The van der Waals surface area contributed by atoms with Gasteiger partial charge in [-0.2, -0.15) is 13.2 Å². The molecule has 0 atom stereocenters. The van der Waals surface area contributed by atoms with Gasteiger partial charge in [-0.05, 0) is 29.2 Å². The highest BCUT2D eigenvalue weighted by molar-refractivity contribution is 6.31. The molecule has 0 aliphatic carbocycles. The molecule has 0 unspecified atom stereocenters. The van der Waals surface area contributed by atoms with Gasteiger partial charge in [0.15, 0.2) is 5.78 Å². The number of halogens is 5. The van der Waals surface area contributed by atoms with Crippen molar-refractivity contribution < 1.29 is 27.8 Å². The normalized spacial score (nSPS) is 11.7. The number of alkyl halides is 3. The summed E-state index contributed by atoms with van der Waals surface area (Å²) in [5, 5.41) is 10.5. The Balaban J connectivity index is 0.00000450. The van der Waals surface area contributed by atoms with Crippen LogP contribution < -0.4 is 10.5 Å². The molecule has 0 aliphatic rings. The van der Waals surface area contributed by atoms with Crippen molar-refractivity contribution >= 4 is 29.8 Å². The van der Waals surface area contributed by atoms with Crippen LogP contribution in [0.4, 0.5) is 13.2 Å². The zero-order chi connectivity index (χ0) is 22.0. The van der Waals surface area contributed by atoms with E-state index in [1.54, 1.807) is 39.0 Å². The fourth-order valence-corrected chi connectivity index (χ4v) is 3.02. The molecule has 0 heterocycles. The molecule has 2 aromatic rings. The van der Waals surface area contributed by atoms with Crippen LogP contribution in [0, 0.1) is 5.41 Å². The van der Waals surface area contributed by atoms with Crippen LogP contribution in [0.5, 0.6) is 11.5 Å². The number of hydrogen-bond donors (Lipinski definition) is 2. The maximum absolute atomic E-state index is 13.6. The van der Waals surface area contributed by atoms with Crippen LogP contribution in [0.2, 0.25) is 5.02 Å². The highest BCUT2D eigenvalue weighted by Crippen LogP contribution is 2.44. The fourth-order valence-electron chi connectivity index (χ4n) is 2.76. The summed E-state index contributed by atoms with van der Waals surface area (Å²) < 4.78 is 46.1. The molecule has 166 valence electrons. The Hall–Kier alpha value is -1.96. The van der Waals surface area contributed by atoms with Crippen molar-refractivity contribution in [3.63, 3.8) is 0 Å². The molecule has 0 saturated heterocycles. The minimum absolute atomic E-state index is 0. The van der Waals surface area contributed by atoms with Gasteiger partial charge in [-0.3, -0.25) is 4.79 Å². The molecule has 0 amide bonds. The number of hydrogen-bond acceptors (Lipinski definition) is 4. The number of ether oxygens (including phenoxy) is 1. The third-order valence-electron chi connectivity index (χ3n) is 4.15. The van der Waals surface area contributed by atoms with Gasteiger partial charge in [0.05, 0.1) is 5.56 Å². The molecule has 2 aromatic carbocycles. The molecule has 3 N–H and O–H groups in total. The van der Waals surface area contributed by atoms with E-state index in [-0.39, 0.29) is 37.5 Å². The second kappa shape index (κ2) is 9.90. The number of rotatable bonds is 6. The van der Waals surface area contributed by atoms with Crippen LogP contribution in [0.25, 0.3) is 0 Å². The predicted octanol–water partition coefficient (Wildman–Crippen LogP) is 6.14. The van der Waals surface area contributed by atoms with Crippen LogP contribution in [0.3, 0.4) is 0 Å². The first-order valence-electron chi connectivity index (χ1n) is 8.90. The Morgan fingerprint density at radius 3 is 2.30 bits per heavy atom. The van der Waals surface area contributed by atoms with Crippen molar-refractivity contribution in [2.45, 2.75) is 46.5 Å². The lowest BCUT2D eigenvalue weighted by atomic mass is 9.87. The molecule has 0 fully saturated rings. The number of aromatic hydroxyl groups is 1. The number of ketones is 1. The van der Waals surface area contributed by atoms with Crippen LogP contribution in [0.15, 0.2) is 30.3 Å². The quantitative estimate of drug-likeness (QED) is 0.502. The van der Waals surface area contributed by atoms with Crippen molar-refractivity contribution in [3.8, 4) is 11.5 Å². The van der Waals surface area contributed by atoms with E-state index in [0.29, 0.717) is 10.6 Å². The van der Waals surface area contributed by atoms with E-state index in [1.165, 1.54) is 0 Å². The lowest BCUT2D eigenvalue weighted by Gasteiger charge is -2.20. The van der Waals surface area contributed by atoms with E-state index in [2.05, 4.69) is 0 Å². The molecular formula is C21H24Cl2F3NO3. The van der Waals surface area contributed by atoms with Gasteiger partial charge in [0.2, 0.25) is 0 Å². The van der Waals surface area contributed by atoms with Crippen molar-refractivity contribution in [1.29, 1.82) is 0 Å². The number of carbonyl (C=O) groups is 1. The van der Waals surface area contributed by atoms with Gasteiger partial charge in [0.25, 0.3) is 0 Å². The van der Waals surface area contributed by atoms with Gasteiger partial charge < -0.3 is 15.6 Å². The zero-order valence-corrected chi connectivity index (χ0v) is 18.3. The minimum Gasteiger partial charge on any atom is -0.506 e. The molecule has 9 heteroatoms. The Morgan fingerprint density at radius 1 is 1.17 bits per heavy atom. The second-order valence-electron chi connectivity index (χ2n) is 7.91. The third kappa shape index (κ3) is 6.52. The molecular weight excluding hydrogens is 442 g/mol. The SMILES string of the molecule is CC(C)(C)CC(=O)c1ccc(OCc2ccc(CN)cc2Cl)c(C(F)(F)F)c1O.Cl. The monoisotopic (exact) mass is 465 g/mol. The summed E-state index contributed by atoms with van der Waals surface area (Å²) in [4.78, 5) is 12.4. The van der Waals surface area contributed by atoms with Gasteiger partial charge in [-0.1, -0.05) is 44.5 Å². The molecule has 0 bridgehead atoms. The van der Waals surface area contributed by atoms with Gasteiger partial charge >= 0.3 is 6.18 Å². The summed E-state index contributed by atoms with van der Waals surface area (Å²) in [5.74, 6) is -2.29. The maximum Gasteiger partial charge on any atom is 0.423 e. The largest absolute Gasteiger partial charge is 0.506 e. The zero-order valence-electron chi connectivity index (χ0n) is 16.8. The van der Waals surface area contributed by atoms with Crippen molar-refractivity contribution in [1.82, 2.24) is 0 Å². The van der Waals surface area contributed by atoms with Gasteiger partial charge in [-0.25, -0.2) is 0 Å². The number of phenols is 1. The Morgan fingerprint density at radius 2 is 1.80 bits per heavy atom. The molecule has 4 nitrogen and oxygen atoms in total. The molecule has 30 heavy (non-hydrogen) atoms. The summed E-state index contributed by atoms with van der Waals surface area (Å²) in [6, 6.07) is 7.10. The van der Waals surface area contributed by atoms with Crippen LogP contribution in [0.1, 0.15) is 54.2 Å². The predicted molar refractivity (Wildman–Crippen MR) is 112 cm³/mol. The van der Waals surface area contributed by atoms with Gasteiger partial charge in [0.1, 0.15) is 23.7 Å². The maximum atomic E-state index is 13.6. The summed E-state index contributed by atoms with van der Waals surface area (Å²) in [6.07, 6.45) is -4.92. The summed E-state index contributed by atoms with van der Waals surface area (Å²) >= 11 is 6.11. The van der Waals surface area contributed by atoms with E-state index in [0.717, 1.165) is 17.7 Å². The van der Waals surface area contributed by atoms with E-state index in [1.807, 2.05) is 0 Å². The van der Waals surface area contributed by atoms with Crippen LogP contribution >= 0.6 is 24.0 Å². The lowest BCUT2D eigenvalue weighted by Crippen LogP contribution is -2.16. The molecule has 0 saturated carbocycles. The average Bonchev–Trinajstić information content (AvgIpc) is 2.57. The van der Waals surface area contributed by atoms with Crippen LogP contribution in [-0.4, -0.2) is 10.9 Å². The fraction of sp³-hybridized carbons (Fsp3) is 0.381. The third-order valence-corrected chi connectivity index (χ3v) is 4.50. The Bertz CT molecular complexity index is 910. The minimum atomic E-state index is -4.91. The highest BCUT2D eigenvalue weighted by atomic mass is 35.5. The topological polar surface area (TPSA) is 72.5 Å². The first kappa shape index (κ1) is 26.1. The number of phenolic OH excluding ortho intramolecular Hbond substituents is 1. The molecule has 2 rings (SSSR count). The molecule has 0 aromatic heterocycles. The van der Waals surface area contributed by atoms with E-state index >= 15 is 0 Å². The summed E-state index contributed by atoms with van der Waals surface area (Å²) in [5.41, 5.74) is 4.55. The van der Waals surface area contributed by atoms with E-state index < -0.39 is 34.4 Å². The van der Waals surface area contributed by atoms with Crippen molar-refractivity contribution in [3.05, 3.63) is 57.6 Å². The van der Waals surface area contributed by atoms with Crippen molar-refractivity contribution in [2.75, 3.05) is 0 Å². The first-order valence-corrected chi connectivity index (χ1v) is 9.28. The average molecular weight is 466 g/mol. The number of nitrogens with two attached hydrogens (primary N) is 1. The molecule has 0 spiro atoms. The van der Waals surface area contributed by atoms with Crippen molar-refractivity contribution in [2.24, 2.45) is 11.1 Å². The molecule has 0 aliphatic heterocycles. The van der Waals surface area contributed by atoms with Gasteiger partial charge in [-0.15, -0.1) is 12.4 Å². The second-order valence-corrected chi connectivity index (χ2v) is 8.32. The summed E-state index contributed by atoms with van der Waals surface area (Å²) in [7, 11) is 0.